The van der Waals surface area contributed by atoms with Crippen molar-refractivity contribution in [3.8, 4) is 0 Å². The van der Waals surface area contributed by atoms with Crippen LogP contribution < -0.4 is 0 Å². The van der Waals surface area contributed by atoms with Crippen molar-refractivity contribution < 1.29 is 9.90 Å². The average Bonchev–Trinajstić information content (AvgIpc) is 2.17. The molecule has 0 bridgehead atoms. The highest BCUT2D eigenvalue weighted by atomic mass is 16.3. The van der Waals surface area contributed by atoms with E-state index in [-0.39, 0.29) is 11.5 Å². The predicted octanol–water partition coefficient (Wildman–Crippen LogP) is 3.57. The Hall–Kier alpha value is -1.31. The van der Waals surface area contributed by atoms with Crippen molar-refractivity contribution in [2.45, 2.75) is 34.1 Å². The largest absolute Gasteiger partial charge is 0.507 e. The molecule has 0 aromatic heterocycles. The first kappa shape index (κ1) is 15.2. The summed E-state index contributed by atoms with van der Waals surface area (Å²) in [7, 11) is 0. The van der Waals surface area contributed by atoms with Crippen LogP contribution in [0.2, 0.25) is 0 Å². The number of Topliss-reactive ketones (excluding diaryl/α,β-unsaturated/α-hetero) is 1. The van der Waals surface area contributed by atoms with Crippen molar-refractivity contribution in [3.05, 3.63) is 36.1 Å². The Morgan fingerprint density at radius 1 is 1.43 bits per heavy atom. The summed E-state index contributed by atoms with van der Waals surface area (Å²) in [4.78, 5) is 10.9. The summed E-state index contributed by atoms with van der Waals surface area (Å²) in [6.07, 6.45) is 5.27. The molecule has 0 saturated heterocycles. The summed E-state index contributed by atoms with van der Waals surface area (Å²) in [5, 5.41) is 9.31. The van der Waals surface area contributed by atoms with E-state index in [0.717, 1.165) is 6.42 Å². The molecule has 0 radical (unpaired) electrons. The minimum absolute atomic E-state index is 0.0145. The van der Waals surface area contributed by atoms with Crippen molar-refractivity contribution in [3.63, 3.8) is 0 Å². The van der Waals surface area contributed by atoms with E-state index in [2.05, 4.69) is 6.58 Å². The van der Waals surface area contributed by atoms with Crippen molar-refractivity contribution in [1.29, 1.82) is 0 Å². The average molecular weight is 196 g/mol. The molecular weight excluding hydrogens is 176 g/mol. The molecule has 0 unspecified atom stereocenters. The third-order valence-corrected chi connectivity index (χ3v) is 1.34. The standard InChI is InChI=1S/C10H14O2.C2H6/c1-4-6-9(8(3)11)10(12)7-5-2;1-2/h5-7,12H,2,4H2,1,3H3;1-2H3/b9-6-,10-7+;. The Labute approximate surface area is 86.6 Å². The van der Waals surface area contributed by atoms with Crippen LogP contribution in [-0.4, -0.2) is 10.9 Å². The number of rotatable bonds is 4. The summed E-state index contributed by atoms with van der Waals surface area (Å²) < 4.78 is 0. The number of carbonyl (C=O) groups excluding carboxylic acids is 1. The Morgan fingerprint density at radius 2 is 1.93 bits per heavy atom. The third kappa shape index (κ3) is 6.23. The van der Waals surface area contributed by atoms with E-state index in [0.29, 0.717) is 5.57 Å². The second kappa shape index (κ2) is 9.78. The lowest BCUT2D eigenvalue weighted by molar-refractivity contribution is -0.113. The van der Waals surface area contributed by atoms with E-state index in [1.54, 1.807) is 6.08 Å². The fourth-order valence-corrected chi connectivity index (χ4v) is 0.834. The van der Waals surface area contributed by atoms with Gasteiger partial charge in [-0.15, -0.1) is 0 Å². The molecule has 0 saturated carbocycles. The summed E-state index contributed by atoms with van der Waals surface area (Å²) in [5.41, 5.74) is 0.359. The zero-order chi connectivity index (χ0) is 11.6. The summed E-state index contributed by atoms with van der Waals surface area (Å²) in [5.74, 6) is -0.146. The van der Waals surface area contributed by atoms with Gasteiger partial charge in [0.25, 0.3) is 0 Å². The van der Waals surface area contributed by atoms with Crippen LogP contribution in [0.4, 0.5) is 0 Å². The van der Waals surface area contributed by atoms with Gasteiger partial charge in [0.1, 0.15) is 5.76 Å². The second-order valence-electron chi connectivity index (χ2n) is 2.37. The van der Waals surface area contributed by atoms with Gasteiger partial charge >= 0.3 is 0 Å². The van der Waals surface area contributed by atoms with Crippen LogP contribution in [0.25, 0.3) is 0 Å². The molecule has 80 valence electrons. The fourth-order valence-electron chi connectivity index (χ4n) is 0.834. The molecule has 0 amide bonds. The SMILES string of the molecule is C=C/C=C(O)\C(=C/CC)C(C)=O.CC. The summed E-state index contributed by atoms with van der Waals surface area (Å²) in [6.45, 7) is 10.8. The summed E-state index contributed by atoms with van der Waals surface area (Å²) in [6, 6.07) is 0. The Kier molecular flexibility index (Phi) is 10.6. The van der Waals surface area contributed by atoms with E-state index in [1.807, 2.05) is 20.8 Å². The fraction of sp³-hybridized carbons (Fsp3) is 0.417. The lowest BCUT2D eigenvalue weighted by Crippen LogP contribution is -1.99. The molecule has 0 fully saturated rings. The molecule has 0 spiro atoms. The Bertz CT molecular complexity index is 235. The number of ketones is 1. The predicted molar refractivity (Wildman–Crippen MR) is 61.3 cm³/mol. The lowest BCUT2D eigenvalue weighted by atomic mass is 10.1. The van der Waals surface area contributed by atoms with Crippen LogP contribution in [0.3, 0.4) is 0 Å². The van der Waals surface area contributed by atoms with Crippen molar-refractivity contribution in [2.75, 3.05) is 0 Å². The molecule has 1 N–H and O–H groups in total. The molecular formula is C12H20O2. The molecule has 2 nitrogen and oxygen atoms in total. The normalized spacial score (nSPS) is 11.4. The van der Waals surface area contributed by atoms with Gasteiger partial charge in [0, 0.05) is 0 Å². The Morgan fingerprint density at radius 3 is 2.21 bits per heavy atom. The van der Waals surface area contributed by atoms with Gasteiger partial charge in [-0.1, -0.05) is 39.5 Å². The van der Waals surface area contributed by atoms with Crippen molar-refractivity contribution >= 4 is 5.78 Å². The molecule has 0 heterocycles. The highest BCUT2D eigenvalue weighted by Crippen LogP contribution is 2.08. The topological polar surface area (TPSA) is 37.3 Å². The van der Waals surface area contributed by atoms with Crippen molar-refractivity contribution in [2.24, 2.45) is 0 Å². The number of hydrogen-bond donors (Lipinski definition) is 1. The first-order chi connectivity index (χ1) is 6.63. The third-order valence-electron chi connectivity index (χ3n) is 1.34. The first-order valence-corrected chi connectivity index (χ1v) is 4.86. The highest BCUT2D eigenvalue weighted by molar-refractivity contribution is 5.96. The molecule has 0 aliphatic heterocycles. The number of hydrogen-bond acceptors (Lipinski definition) is 2. The Balaban J connectivity index is 0. The zero-order valence-corrected chi connectivity index (χ0v) is 9.50. The monoisotopic (exact) mass is 196 g/mol. The van der Waals surface area contributed by atoms with E-state index in [1.165, 1.54) is 19.1 Å². The van der Waals surface area contributed by atoms with E-state index >= 15 is 0 Å². The van der Waals surface area contributed by atoms with Gasteiger partial charge < -0.3 is 5.11 Å². The maximum Gasteiger partial charge on any atom is 0.163 e. The molecule has 0 aliphatic carbocycles. The van der Waals surface area contributed by atoms with Crippen molar-refractivity contribution in [1.82, 2.24) is 0 Å². The van der Waals surface area contributed by atoms with Gasteiger partial charge in [-0.25, -0.2) is 0 Å². The molecule has 0 atom stereocenters. The van der Waals surface area contributed by atoms with Gasteiger partial charge in [-0.3, -0.25) is 4.79 Å². The number of carbonyl (C=O) groups is 1. The van der Waals surface area contributed by atoms with Gasteiger partial charge in [-0.05, 0) is 19.4 Å². The van der Waals surface area contributed by atoms with Gasteiger partial charge in [0.15, 0.2) is 5.78 Å². The number of aliphatic hydroxyl groups excluding tert-OH is 1. The maximum atomic E-state index is 10.9. The molecule has 0 aliphatic rings. The van der Waals surface area contributed by atoms with Crippen LogP contribution in [-0.2, 0) is 4.79 Å². The highest BCUT2D eigenvalue weighted by Gasteiger charge is 2.06. The molecule has 14 heavy (non-hydrogen) atoms. The van der Waals surface area contributed by atoms with Crippen LogP contribution in [0, 0.1) is 0 Å². The van der Waals surface area contributed by atoms with E-state index in [9.17, 15) is 9.90 Å². The number of allylic oxidation sites excluding steroid dienone is 4. The van der Waals surface area contributed by atoms with Gasteiger partial charge in [-0.2, -0.15) is 0 Å². The minimum atomic E-state index is -0.132. The van der Waals surface area contributed by atoms with E-state index in [4.69, 9.17) is 0 Å². The van der Waals surface area contributed by atoms with Gasteiger partial charge in [0.05, 0.1) is 5.57 Å². The first-order valence-electron chi connectivity index (χ1n) is 4.86. The zero-order valence-electron chi connectivity index (χ0n) is 9.50. The lowest BCUT2D eigenvalue weighted by Gasteiger charge is -2.00. The summed E-state index contributed by atoms with van der Waals surface area (Å²) >= 11 is 0. The van der Waals surface area contributed by atoms with Crippen LogP contribution in [0.1, 0.15) is 34.1 Å². The smallest absolute Gasteiger partial charge is 0.163 e. The van der Waals surface area contributed by atoms with Crippen LogP contribution in [0.5, 0.6) is 0 Å². The molecule has 0 rings (SSSR count). The minimum Gasteiger partial charge on any atom is -0.507 e. The van der Waals surface area contributed by atoms with Gasteiger partial charge in [0.2, 0.25) is 0 Å². The maximum absolute atomic E-state index is 10.9. The molecule has 0 aromatic carbocycles. The van der Waals surface area contributed by atoms with Crippen LogP contribution in [0.15, 0.2) is 36.1 Å². The number of aliphatic hydroxyl groups is 1. The molecule has 2 heteroatoms. The molecule has 0 aromatic rings. The van der Waals surface area contributed by atoms with Crippen LogP contribution >= 0.6 is 0 Å². The van der Waals surface area contributed by atoms with E-state index < -0.39 is 0 Å². The quantitative estimate of drug-likeness (QED) is 0.424. The second-order valence-corrected chi connectivity index (χ2v) is 2.37.